The Morgan fingerprint density at radius 1 is 1.20 bits per heavy atom. The lowest BCUT2D eigenvalue weighted by Gasteiger charge is -2.27. The van der Waals surface area contributed by atoms with Crippen molar-refractivity contribution in [3.05, 3.63) is 29.3 Å². The van der Waals surface area contributed by atoms with Gasteiger partial charge in [0.05, 0.1) is 6.54 Å². The van der Waals surface area contributed by atoms with E-state index in [9.17, 15) is 18.4 Å². The van der Waals surface area contributed by atoms with E-state index < -0.39 is 35.5 Å². The van der Waals surface area contributed by atoms with Gasteiger partial charge in [-0.1, -0.05) is 35.1 Å². The van der Waals surface area contributed by atoms with Crippen LogP contribution in [0, 0.1) is 0 Å². The number of hydrogen-bond acceptors (Lipinski definition) is 7. The smallest absolute Gasteiger partial charge is 0.410 e. The number of carboxylic acid groups (broad SMARTS) is 1. The average molecular weight is 477 g/mol. The normalized spacial score (nSPS) is 12.3. The molecule has 30 heavy (non-hydrogen) atoms. The van der Waals surface area contributed by atoms with Crippen LogP contribution in [0.1, 0.15) is 20.8 Å². The molecule has 0 aliphatic rings. The Morgan fingerprint density at radius 2 is 1.83 bits per heavy atom. The third-order valence-electron chi connectivity index (χ3n) is 3.46. The van der Waals surface area contributed by atoms with Gasteiger partial charge >= 0.3 is 12.1 Å². The monoisotopic (exact) mass is 476 g/mol. The van der Waals surface area contributed by atoms with E-state index in [1.165, 1.54) is 0 Å². The van der Waals surface area contributed by atoms with Gasteiger partial charge in [-0.3, -0.25) is 14.2 Å². The number of benzene rings is 1. The Kier molecular flexibility index (Phi) is 8.12. The highest BCUT2D eigenvalue weighted by Crippen LogP contribution is 2.30. The number of carboxylic acids is 1. The maximum atomic E-state index is 12.3. The molecule has 0 aliphatic carbocycles. The van der Waals surface area contributed by atoms with Crippen LogP contribution in [-0.2, 0) is 20.8 Å². The summed E-state index contributed by atoms with van der Waals surface area (Å²) in [5, 5.41) is 18.2. The van der Waals surface area contributed by atoms with Gasteiger partial charge in [0.1, 0.15) is 17.2 Å². The SMILES string of the molecule is CC(C)(C)OC(=O)N(CCN(c1nnc(-c2ccc(Cl)cc2)s1)S(=O)O)CC(=O)O. The highest BCUT2D eigenvalue weighted by molar-refractivity contribution is 7.81. The fourth-order valence-electron chi connectivity index (χ4n) is 2.20. The van der Waals surface area contributed by atoms with Crippen molar-refractivity contribution >= 4 is 51.4 Å². The Labute approximate surface area is 184 Å². The van der Waals surface area contributed by atoms with Gasteiger partial charge in [-0.25, -0.2) is 13.3 Å². The van der Waals surface area contributed by atoms with Crippen LogP contribution in [0.15, 0.2) is 24.3 Å². The lowest BCUT2D eigenvalue weighted by molar-refractivity contribution is -0.138. The molecule has 164 valence electrons. The zero-order chi connectivity index (χ0) is 22.5. The van der Waals surface area contributed by atoms with Crippen molar-refractivity contribution in [1.29, 1.82) is 0 Å². The fraction of sp³-hybridized carbons (Fsp3) is 0.412. The van der Waals surface area contributed by atoms with Crippen molar-refractivity contribution in [2.75, 3.05) is 23.9 Å². The minimum absolute atomic E-state index is 0.139. The fourth-order valence-corrected chi connectivity index (χ4v) is 3.82. The minimum Gasteiger partial charge on any atom is -0.480 e. The standard InChI is InChI=1S/C17H21ClN4O6S2/c1-17(2,3)28-16(25)21(10-13(23)24)8-9-22(30(26)27)15-20-19-14(29-15)11-4-6-12(18)7-5-11/h4-7H,8-10H2,1-3H3,(H,23,24)(H,26,27). The number of ether oxygens (including phenoxy) is 1. The molecule has 1 amide bonds. The van der Waals surface area contributed by atoms with Gasteiger partial charge in [0.2, 0.25) is 5.13 Å². The number of rotatable bonds is 8. The van der Waals surface area contributed by atoms with Crippen LogP contribution in [0.25, 0.3) is 10.6 Å². The number of aromatic nitrogens is 2. The molecule has 0 fully saturated rings. The molecule has 0 aliphatic heterocycles. The molecule has 2 aromatic rings. The van der Waals surface area contributed by atoms with Gasteiger partial charge in [-0.15, -0.1) is 10.2 Å². The quantitative estimate of drug-likeness (QED) is 0.555. The summed E-state index contributed by atoms with van der Waals surface area (Å²) < 4.78 is 27.7. The largest absolute Gasteiger partial charge is 0.480 e. The van der Waals surface area contributed by atoms with Crippen LogP contribution in [0.4, 0.5) is 9.93 Å². The van der Waals surface area contributed by atoms with Crippen LogP contribution < -0.4 is 4.31 Å². The molecule has 1 aromatic heterocycles. The number of halogens is 1. The Hall–Kier alpha value is -2.28. The van der Waals surface area contributed by atoms with E-state index in [0.717, 1.165) is 26.1 Å². The summed E-state index contributed by atoms with van der Waals surface area (Å²) in [6.45, 7) is 4.00. The predicted molar refractivity (Wildman–Crippen MR) is 114 cm³/mol. The minimum atomic E-state index is -2.47. The molecule has 0 saturated heterocycles. The lowest BCUT2D eigenvalue weighted by Crippen LogP contribution is -2.44. The Morgan fingerprint density at radius 3 is 2.37 bits per heavy atom. The molecule has 1 atom stereocenters. The molecule has 1 unspecified atom stereocenters. The molecule has 0 saturated carbocycles. The van der Waals surface area contributed by atoms with E-state index in [1.807, 2.05) is 0 Å². The first-order valence-corrected chi connectivity index (χ1v) is 10.9. The first-order chi connectivity index (χ1) is 14.0. The van der Waals surface area contributed by atoms with Crippen molar-refractivity contribution in [2.24, 2.45) is 0 Å². The average Bonchev–Trinajstić information content (AvgIpc) is 3.09. The molecule has 2 rings (SSSR count). The van der Waals surface area contributed by atoms with Crippen molar-refractivity contribution in [3.63, 3.8) is 0 Å². The Balaban J connectivity index is 2.15. The lowest BCUT2D eigenvalue weighted by atomic mass is 10.2. The molecule has 13 heteroatoms. The second-order valence-corrected chi connectivity index (χ2v) is 9.32. The highest BCUT2D eigenvalue weighted by atomic mass is 35.5. The summed E-state index contributed by atoms with van der Waals surface area (Å²) in [4.78, 5) is 24.3. The van der Waals surface area contributed by atoms with Crippen molar-refractivity contribution in [3.8, 4) is 10.6 Å². The number of carbonyl (C=O) groups is 2. The molecular weight excluding hydrogens is 456 g/mol. The summed E-state index contributed by atoms with van der Waals surface area (Å²) >= 11 is 4.47. The van der Waals surface area contributed by atoms with Crippen LogP contribution in [-0.4, -0.2) is 66.3 Å². The zero-order valence-electron chi connectivity index (χ0n) is 16.4. The summed E-state index contributed by atoms with van der Waals surface area (Å²) in [5.74, 6) is -1.24. The maximum Gasteiger partial charge on any atom is 0.410 e. The van der Waals surface area contributed by atoms with Crippen LogP contribution >= 0.6 is 22.9 Å². The van der Waals surface area contributed by atoms with E-state index in [0.29, 0.717) is 10.0 Å². The van der Waals surface area contributed by atoms with Crippen LogP contribution in [0.3, 0.4) is 0 Å². The molecule has 0 bridgehead atoms. The number of amides is 1. The summed E-state index contributed by atoms with van der Waals surface area (Å²) in [5.41, 5.74) is -0.0897. The third-order valence-corrected chi connectivity index (χ3v) is 5.55. The van der Waals surface area contributed by atoms with Gasteiger partial charge in [0, 0.05) is 17.1 Å². The predicted octanol–water partition coefficient (Wildman–Crippen LogP) is 3.12. The van der Waals surface area contributed by atoms with Crippen LogP contribution in [0.2, 0.25) is 5.02 Å². The van der Waals surface area contributed by atoms with E-state index in [1.54, 1.807) is 45.0 Å². The first-order valence-electron chi connectivity index (χ1n) is 8.64. The topological polar surface area (TPSA) is 133 Å². The van der Waals surface area contributed by atoms with E-state index in [4.69, 9.17) is 21.4 Å². The molecule has 10 nitrogen and oxygen atoms in total. The van der Waals surface area contributed by atoms with Gasteiger partial charge in [-0.2, -0.15) is 0 Å². The van der Waals surface area contributed by atoms with Gasteiger partial charge in [0.25, 0.3) is 11.3 Å². The number of carbonyl (C=O) groups excluding carboxylic acids is 1. The molecule has 1 heterocycles. The number of hydrogen-bond donors (Lipinski definition) is 2. The molecule has 2 N–H and O–H groups in total. The summed E-state index contributed by atoms with van der Waals surface area (Å²) in [7, 11) is 0. The summed E-state index contributed by atoms with van der Waals surface area (Å²) in [6, 6.07) is 6.85. The Bertz CT molecular complexity index is 916. The van der Waals surface area contributed by atoms with Crippen molar-refractivity contribution in [1.82, 2.24) is 15.1 Å². The second kappa shape index (κ2) is 10.2. The second-order valence-electron chi connectivity index (χ2n) is 7.03. The van der Waals surface area contributed by atoms with Gasteiger partial charge in [-0.05, 0) is 32.9 Å². The molecule has 0 radical (unpaired) electrons. The van der Waals surface area contributed by atoms with Gasteiger partial charge in [0.15, 0.2) is 0 Å². The van der Waals surface area contributed by atoms with E-state index in [2.05, 4.69) is 10.2 Å². The van der Waals surface area contributed by atoms with Crippen LogP contribution in [0.5, 0.6) is 0 Å². The highest BCUT2D eigenvalue weighted by Gasteiger charge is 2.26. The number of aliphatic carboxylic acids is 1. The van der Waals surface area contributed by atoms with Crippen molar-refractivity contribution in [2.45, 2.75) is 26.4 Å². The zero-order valence-corrected chi connectivity index (χ0v) is 18.8. The summed E-state index contributed by atoms with van der Waals surface area (Å²) in [6.07, 6.45) is -0.840. The van der Waals surface area contributed by atoms with Gasteiger partial charge < -0.3 is 9.84 Å². The first kappa shape index (κ1) is 24.0. The number of anilines is 1. The molecular formula is C17H21ClN4O6S2. The van der Waals surface area contributed by atoms with E-state index in [-0.39, 0.29) is 18.2 Å². The van der Waals surface area contributed by atoms with Crippen molar-refractivity contribution < 1.29 is 28.2 Å². The maximum absolute atomic E-state index is 12.3. The molecule has 1 aromatic carbocycles. The van der Waals surface area contributed by atoms with E-state index >= 15 is 0 Å². The molecule has 0 spiro atoms. The third kappa shape index (κ3) is 7.20. The number of nitrogens with zero attached hydrogens (tertiary/aromatic N) is 4.